The molecular formula is C16H20N4O5. The molecule has 0 radical (unpaired) electrons. The Morgan fingerprint density at radius 2 is 2.20 bits per heavy atom. The van der Waals surface area contributed by atoms with Gasteiger partial charge in [-0.05, 0) is 19.4 Å². The smallest absolute Gasteiger partial charge is 0.286 e. The van der Waals surface area contributed by atoms with Crippen molar-refractivity contribution in [2.24, 2.45) is 0 Å². The van der Waals surface area contributed by atoms with Gasteiger partial charge >= 0.3 is 0 Å². The first-order valence-corrected chi connectivity index (χ1v) is 7.81. The molecule has 0 unspecified atom stereocenters. The first-order valence-electron chi connectivity index (χ1n) is 7.81. The highest BCUT2D eigenvalue weighted by Gasteiger charge is 2.24. The fraction of sp³-hybridized carbons (Fsp3) is 0.375. The summed E-state index contributed by atoms with van der Waals surface area (Å²) in [7, 11) is 1.39. The zero-order valence-electron chi connectivity index (χ0n) is 14.1. The number of aryl methyl sites for hydroxylation is 1. The first-order chi connectivity index (χ1) is 12.1. The number of benzene rings is 1. The van der Waals surface area contributed by atoms with E-state index < -0.39 is 10.8 Å². The van der Waals surface area contributed by atoms with Gasteiger partial charge in [-0.25, -0.2) is 0 Å². The van der Waals surface area contributed by atoms with E-state index in [9.17, 15) is 14.9 Å². The maximum Gasteiger partial charge on any atom is 0.286 e. The Morgan fingerprint density at radius 3 is 2.80 bits per heavy atom. The molecule has 9 heteroatoms. The summed E-state index contributed by atoms with van der Waals surface area (Å²) >= 11 is 0. The number of carbonyl (C=O) groups is 1. The van der Waals surface area contributed by atoms with Crippen molar-refractivity contribution in [3.8, 4) is 11.5 Å². The van der Waals surface area contributed by atoms with Crippen LogP contribution in [-0.4, -0.2) is 40.9 Å². The SMILES string of the molecule is CCOc1cc(C(=O)NCCCn2cccn2)c([N+](=O)[O-])cc1OC. The molecule has 1 heterocycles. The van der Waals surface area contributed by atoms with E-state index in [0.29, 0.717) is 26.1 Å². The third-order valence-corrected chi connectivity index (χ3v) is 3.43. The fourth-order valence-electron chi connectivity index (χ4n) is 2.28. The number of amides is 1. The Kier molecular flexibility index (Phi) is 6.33. The standard InChI is InChI=1S/C16H20N4O5/c1-3-25-15-10-12(13(20(22)23)11-14(15)24-2)16(21)17-6-4-8-19-9-5-7-18-19/h5,7,9-11H,3-4,6,8H2,1-2H3,(H,17,21). The molecule has 2 rings (SSSR count). The molecule has 1 aromatic heterocycles. The number of hydrogen-bond donors (Lipinski definition) is 1. The summed E-state index contributed by atoms with van der Waals surface area (Å²) in [5, 5.41) is 18.0. The van der Waals surface area contributed by atoms with Crippen molar-refractivity contribution < 1.29 is 19.2 Å². The Balaban J connectivity index is 2.10. The number of methoxy groups -OCH3 is 1. The number of ether oxygens (including phenoxy) is 2. The Morgan fingerprint density at radius 1 is 1.40 bits per heavy atom. The minimum atomic E-state index is -0.614. The quantitative estimate of drug-likeness (QED) is 0.422. The van der Waals surface area contributed by atoms with Crippen molar-refractivity contribution in [3.63, 3.8) is 0 Å². The highest BCUT2D eigenvalue weighted by atomic mass is 16.6. The largest absolute Gasteiger partial charge is 0.493 e. The molecule has 2 aromatic rings. The molecule has 0 saturated carbocycles. The van der Waals surface area contributed by atoms with Gasteiger partial charge in [-0.3, -0.25) is 19.6 Å². The minimum Gasteiger partial charge on any atom is -0.493 e. The van der Waals surface area contributed by atoms with E-state index in [2.05, 4.69) is 10.4 Å². The van der Waals surface area contributed by atoms with Crippen molar-refractivity contribution >= 4 is 11.6 Å². The lowest BCUT2D eigenvalue weighted by Crippen LogP contribution is -2.26. The molecule has 0 aliphatic carbocycles. The van der Waals surface area contributed by atoms with Crippen LogP contribution in [0.4, 0.5) is 5.69 Å². The molecule has 0 bridgehead atoms. The van der Waals surface area contributed by atoms with Crippen LogP contribution in [0.3, 0.4) is 0 Å². The van der Waals surface area contributed by atoms with Crippen LogP contribution in [0, 0.1) is 10.1 Å². The molecule has 0 spiro atoms. The summed E-state index contributed by atoms with van der Waals surface area (Å²) < 4.78 is 12.2. The summed E-state index contributed by atoms with van der Waals surface area (Å²) in [6.45, 7) is 3.13. The van der Waals surface area contributed by atoms with E-state index in [-0.39, 0.29) is 22.7 Å². The maximum absolute atomic E-state index is 12.4. The van der Waals surface area contributed by atoms with E-state index in [4.69, 9.17) is 9.47 Å². The van der Waals surface area contributed by atoms with Crippen LogP contribution in [0.2, 0.25) is 0 Å². The van der Waals surface area contributed by atoms with Gasteiger partial charge in [0.1, 0.15) is 5.56 Å². The molecule has 0 aliphatic rings. The second kappa shape index (κ2) is 8.67. The van der Waals surface area contributed by atoms with Gasteiger partial charge in [0.2, 0.25) is 0 Å². The van der Waals surface area contributed by atoms with E-state index in [1.807, 2.05) is 12.3 Å². The topological polar surface area (TPSA) is 109 Å². The Hall–Kier alpha value is -3.10. The normalized spacial score (nSPS) is 10.3. The van der Waals surface area contributed by atoms with Crippen LogP contribution >= 0.6 is 0 Å². The number of rotatable bonds is 9. The predicted octanol–water partition coefficient (Wildman–Crippen LogP) is 2.02. The molecule has 0 atom stereocenters. The van der Waals surface area contributed by atoms with Crippen molar-refractivity contribution in [1.29, 1.82) is 0 Å². The Labute approximate surface area is 144 Å². The zero-order valence-corrected chi connectivity index (χ0v) is 14.1. The van der Waals surface area contributed by atoms with Crippen LogP contribution in [0.25, 0.3) is 0 Å². The molecule has 0 aliphatic heterocycles. The molecule has 134 valence electrons. The van der Waals surface area contributed by atoms with Gasteiger partial charge in [0.15, 0.2) is 11.5 Å². The zero-order chi connectivity index (χ0) is 18.2. The van der Waals surface area contributed by atoms with Crippen molar-refractivity contribution in [3.05, 3.63) is 46.3 Å². The second-order valence-corrected chi connectivity index (χ2v) is 5.09. The lowest BCUT2D eigenvalue weighted by atomic mass is 10.1. The summed E-state index contributed by atoms with van der Waals surface area (Å²) in [5.41, 5.74) is -0.391. The van der Waals surface area contributed by atoms with E-state index >= 15 is 0 Å². The lowest BCUT2D eigenvalue weighted by molar-refractivity contribution is -0.385. The average Bonchev–Trinajstić information content (AvgIpc) is 3.11. The van der Waals surface area contributed by atoms with E-state index in [1.54, 1.807) is 17.8 Å². The minimum absolute atomic E-state index is 0.0617. The third-order valence-electron chi connectivity index (χ3n) is 3.43. The highest BCUT2D eigenvalue weighted by Crippen LogP contribution is 2.34. The molecule has 1 N–H and O–H groups in total. The fourth-order valence-corrected chi connectivity index (χ4v) is 2.28. The maximum atomic E-state index is 12.4. The summed E-state index contributed by atoms with van der Waals surface area (Å²) in [4.78, 5) is 23.0. The Bertz CT molecular complexity index is 730. The van der Waals surface area contributed by atoms with Gasteiger partial charge in [-0.2, -0.15) is 5.10 Å². The molecule has 25 heavy (non-hydrogen) atoms. The van der Waals surface area contributed by atoms with E-state index in [0.717, 1.165) is 0 Å². The predicted molar refractivity (Wildman–Crippen MR) is 90.0 cm³/mol. The number of nitrogens with one attached hydrogen (secondary N) is 1. The number of nitro benzene ring substituents is 1. The van der Waals surface area contributed by atoms with Gasteiger partial charge in [0.25, 0.3) is 11.6 Å². The molecule has 9 nitrogen and oxygen atoms in total. The molecule has 1 amide bonds. The number of aromatic nitrogens is 2. The van der Waals surface area contributed by atoms with Crippen LogP contribution in [0.1, 0.15) is 23.7 Å². The van der Waals surface area contributed by atoms with Crippen LogP contribution in [0.15, 0.2) is 30.6 Å². The third kappa shape index (κ3) is 4.69. The average molecular weight is 348 g/mol. The summed E-state index contributed by atoms with van der Waals surface area (Å²) in [6.07, 6.45) is 4.15. The summed E-state index contributed by atoms with van der Waals surface area (Å²) in [5.74, 6) is -0.0307. The molecule has 0 saturated heterocycles. The van der Waals surface area contributed by atoms with Crippen molar-refractivity contribution in [2.45, 2.75) is 19.9 Å². The monoisotopic (exact) mass is 348 g/mol. The lowest BCUT2D eigenvalue weighted by Gasteiger charge is -2.12. The second-order valence-electron chi connectivity index (χ2n) is 5.09. The molecule has 0 fully saturated rings. The van der Waals surface area contributed by atoms with Gasteiger partial charge in [-0.15, -0.1) is 0 Å². The van der Waals surface area contributed by atoms with Crippen LogP contribution in [-0.2, 0) is 6.54 Å². The molecule has 1 aromatic carbocycles. The van der Waals surface area contributed by atoms with Gasteiger partial charge in [0, 0.05) is 31.5 Å². The number of hydrogen-bond acceptors (Lipinski definition) is 6. The highest BCUT2D eigenvalue weighted by molar-refractivity contribution is 5.99. The van der Waals surface area contributed by atoms with Gasteiger partial charge in [0.05, 0.1) is 24.7 Å². The van der Waals surface area contributed by atoms with E-state index in [1.165, 1.54) is 19.2 Å². The van der Waals surface area contributed by atoms with Crippen LogP contribution < -0.4 is 14.8 Å². The van der Waals surface area contributed by atoms with Crippen LogP contribution in [0.5, 0.6) is 11.5 Å². The van der Waals surface area contributed by atoms with Crippen molar-refractivity contribution in [2.75, 3.05) is 20.3 Å². The summed E-state index contributed by atoms with van der Waals surface area (Å²) in [6, 6.07) is 4.35. The van der Waals surface area contributed by atoms with Gasteiger partial charge < -0.3 is 14.8 Å². The molecular weight excluding hydrogens is 328 g/mol. The number of carbonyl (C=O) groups excluding carboxylic acids is 1. The van der Waals surface area contributed by atoms with Crippen molar-refractivity contribution in [1.82, 2.24) is 15.1 Å². The number of nitro groups is 1. The van der Waals surface area contributed by atoms with Gasteiger partial charge in [-0.1, -0.05) is 0 Å². The first kappa shape index (κ1) is 18.2. The number of nitrogens with zero attached hydrogens (tertiary/aromatic N) is 3.